The summed E-state index contributed by atoms with van der Waals surface area (Å²) in [6.45, 7) is 8.85. The van der Waals surface area contributed by atoms with Crippen LogP contribution in [0, 0.1) is 11.3 Å². The van der Waals surface area contributed by atoms with E-state index in [2.05, 4.69) is 22.2 Å². The van der Waals surface area contributed by atoms with Crippen molar-refractivity contribution in [2.75, 3.05) is 13.7 Å². The third-order valence-corrected chi connectivity index (χ3v) is 9.35. The van der Waals surface area contributed by atoms with Gasteiger partial charge < -0.3 is 29.7 Å². The van der Waals surface area contributed by atoms with Crippen LogP contribution in [-0.2, 0) is 30.0 Å². The maximum Gasteiger partial charge on any atom is 0.417 e. The van der Waals surface area contributed by atoms with E-state index < -0.39 is 64.8 Å². The number of methoxy groups -OCH3 is 1. The van der Waals surface area contributed by atoms with Gasteiger partial charge in [-0.25, -0.2) is 14.6 Å². The van der Waals surface area contributed by atoms with E-state index in [0.29, 0.717) is 0 Å². The smallest absolute Gasteiger partial charge is 0.417 e. The second-order valence-electron chi connectivity index (χ2n) is 13.8. The van der Waals surface area contributed by atoms with Crippen LogP contribution in [0.2, 0.25) is 0 Å². The van der Waals surface area contributed by atoms with Crippen molar-refractivity contribution >= 4 is 34.6 Å². The third kappa shape index (κ3) is 7.07. The molecule has 0 radical (unpaired) electrons. The molecule has 2 heterocycles. The molecule has 2 saturated carbocycles. The van der Waals surface area contributed by atoms with Crippen LogP contribution in [0.15, 0.2) is 43.1 Å². The highest BCUT2D eigenvalue weighted by Crippen LogP contribution is 2.46. The first-order valence-corrected chi connectivity index (χ1v) is 16.0. The van der Waals surface area contributed by atoms with Gasteiger partial charge in [-0.1, -0.05) is 32.9 Å². The van der Waals surface area contributed by atoms with Gasteiger partial charge in [0.15, 0.2) is 0 Å². The highest BCUT2D eigenvalue weighted by molar-refractivity contribution is 5.97. The zero-order valence-electron chi connectivity index (χ0n) is 27.4. The molecule has 1 aromatic heterocycles. The Morgan fingerprint density at radius 2 is 1.79 bits per heavy atom. The summed E-state index contributed by atoms with van der Waals surface area (Å²) in [6, 6.07) is 2.62. The number of ether oxygens (including phenoxy) is 3. The summed E-state index contributed by atoms with van der Waals surface area (Å²) in [5, 5.41) is 5.46. The van der Waals surface area contributed by atoms with Crippen molar-refractivity contribution < 1.29 is 46.6 Å². The van der Waals surface area contributed by atoms with Gasteiger partial charge in [-0.05, 0) is 55.7 Å². The molecule has 5 rings (SSSR count). The number of aromatic nitrogens is 1. The number of carbonyl (C=O) groups excluding carboxylic acids is 4. The number of alkyl carbamates (subject to hydrolysis) is 1. The number of fused-ring (bicyclic) bond motifs is 1. The predicted molar refractivity (Wildman–Crippen MR) is 168 cm³/mol. The number of rotatable bonds is 9. The Morgan fingerprint density at radius 3 is 2.40 bits per heavy atom. The monoisotopic (exact) mass is 674 g/mol. The molecule has 2 aromatic rings. The summed E-state index contributed by atoms with van der Waals surface area (Å²) in [6.07, 6.45) is -0.233. The maximum atomic E-state index is 14.3. The zero-order valence-corrected chi connectivity index (χ0v) is 27.4. The fourth-order valence-electron chi connectivity index (χ4n) is 6.67. The Bertz CT molecular complexity index is 1590. The second kappa shape index (κ2) is 13.3. The number of likely N-dealkylation sites (tertiary alicyclic amines) is 1. The zero-order chi connectivity index (χ0) is 35.0. The predicted octanol–water partition coefficient (Wildman–Crippen LogP) is 4.92. The summed E-state index contributed by atoms with van der Waals surface area (Å²) in [5.74, 6) is -2.39. The summed E-state index contributed by atoms with van der Waals surface area (Å²) >= 11 is 0. The molecule has 2 aliphatic carbocycles. The quantitative estimate of drug-likeness (QED) is 0.283. The Labute approximate surface area is 276 Å². The summed E-state index contributed by atoms with van der Waals surface area (Å²) in [4.78, 5) is 59.4. The van der Waals surface area contributed by atoms with Gasteiger partial charge in [0.05, 0.1) is 19.2 Å². The van der Waals surface area contributed by atoms with Crippen molar-refractivity contribution in [1.82, 2.24) is 20.5 Å². The van der Waals surface area contributed by atoms with Crippen LogP contribution in [0.25, 0.3) is 10.8 Å². The number of esters is 1. The number of halogens is 3. The van der Waals surface area contributed by atoms with Crippen LogP contribution in [0.4, 0.5) is 18.0 Å². The lowest BCUT2D eigenvalue weighted by Crippen LogP contribution is -2.59. The van der Waals surface area contributed by atoms with Gasteiger partial charge in [0.2, 0.25) is 17.7 Å². The lowest BCUT2D eigenvalue weighted by molar-refractivity contribution is -0.148. The number of nitrogens with zero attached hydrogens (tertiary/aromatic N) is 2. The van der Waals surface area contributed by atoms with Gasteiger partial charge in [0.1, 0.15) is 29.8 Å². The van der Waals surface area contributed by atoms with Crippen LogP contribution >= 0.6 is 0 Å². The molecule has 14 heteroatoms. The van der Waals surface area contributed by atoms with Gasteiger partial charge >= 0.3 is 18.2 Å². The van der Waals surface area contributed by atoms with E-state index in [0.717, 1.165) is 31.7 Å². The minimum Gasteiger partial charge on any atom is -0.472 e. The van der Waals surface area contributed by atoms with Gasteiger partial charge in [0, 0.05) is 29.3 Å². The third-order valence-electron chi connectivity index (χ3n) is 9.35. The van der Waals surface area contributed by atoms with E-state index in [4.69, 9.17) is 14.2 Å². The molecule has 1 saturated heterocycles. The van der Waals surface area contributed by atoms with E-state index in [-0.39, 0.29) is 48.1 Å². The normalized spacial score (nSPS) is 24.9. The van der Waals surface area contributed by atoms with Crippen molar-refractivity contribution in [2.45, 2.75) is 95.3 Å². The first-order valence-electron chi connectivity index (χ1n) is 16.0. The summed E-state index contributed by atoms with van der Waals surface area (Å²) in [7, 11) is 1.20. The van der Waals surface area contributed by atoms with E-state index in [1.165, 1.54) is 42.5 Å². The Kier molecular flexibility index (Phi) is 9.67. The van der Waals surface area contributed by atoms with Gasteiger partial charge in [-0.3, -0.25) is 9.59 Å². The molecule has 1 aliphatic heterocycles. The Balaban J connectivity index is 1.44. The van der Waals surface area contributed by atoms with E-state index in [9.17, 15) is 32.3 Å². The van der Waals surface area contributed by atoms with Gasteiger partial charge in [-0.2, -0.15) is 13.2 Å². The fraction of sp³-hybridized carbons (Fsp3) is 0.559. The Morgan fingerprint density at radius 1 is 1.08 bits per heavy atom. The van der Waals surface area contributed by atoms with Crippen LogP contribution in [0.1, 0.15) is 64.9 Å². The minimum absolute atomic E-state index is 0.0754. The number of nitrogens with one attached hydrogen (secondary N) is 2. The number of hydrogen-bond donors (Lipinski definition) is 2. The number of alkyl halides is 3. The molecular weight excluding hydrogens is 633 g/mol. The van der Waals surface area contributed by atoms with Gasteiger partial charge in [0.25, 0.3) is 0 Å². The van der Waals surface area contributed by atoms with E-state index in [1.807, 2.05) is 0 Å². The van der Waals surface area contributed by atoms with E-state index >= 15 is 0 Å². The molecule has 11 nitrogen and oxygen atoms in total. The largest absolute Gasteiger partial charge is 0.472 e. The lowest BCUT2D eigenvalue weighted by Gasteiger charge is -2.35. The molecular formula is C34H41F3N4O7. The molecule has 3 amide bonds. The molecule has 0 spiro atoms. The van der Waals surface area contributed by atoms with Crippen molar-refractivity contribution in [3.8, 4) is 5.88 Å². The molecule has 48 heavy (non-hydrogen) atoms. The van der Waals surface area contributed by atoms with Crippen LogP contribution in [-0.4, -0.2) is 77.2 Å². The number of pyridine rings is 1. The standard InChI is InChI=1S/C34H41F3N4O7/c1-6-19-17-33(19,30(44)46-5)40-27(42)25-16-21(47-28-23-12-9-13-24(34(35,36)37)22(23)14-15-38-28)18-41(25)29(43)26(32(2,3)4)39-31(45)48-20-10-7-8-11-20/h6,9,12-15,19-21,25-26H,1,7-8,10-11,16-18H2,2-5H3,(H,39,45)(H,40,42)/t19-,21-,25+,26-,33-/m1/s1. The number of carbonyl (C=O) groups is 4. The highest BCUT2D eigenvalue weighted by atomic mass is 19.4. The van der Waals surface area contributed by atoms with Crippen LogP contribution in [0.5, 0.6) is 5.88 Å². The number of hydrogen-bond acceptors (Lipinski definition) is 8. The molecule has 3 aliphatic rings. The van der Waals surface area contributed by atoms with Gasteiger partial charge in [-0.15, -0.1) is 6.58 Å². The summed E-state index contributed by atoms with van der Waals surface area (Å²) in [5.41, 5.74) is -3.03. The van der Waals surface area contributed by atoms with Crippen molar-refractivity contribution in [2.24, 2.45) is 11.3 Å². The first kappa shape index (κ1) is 35.0. The van der Waals surface area contributed by atoms with E-state index in [1.54, 1.807) is 20.8 Å². The molecule has 3 fully saturated rings. The Hall–Kier alpha value is -4.36. The average Bonchev–Trinajstić information content (AvgIpc) is 3.30. The number of amides is 3. The fourth-order valence-corrected chi connectivity index (χ4v) is 6.67. The van der Waals surface area contributed by atoms with Crippen LogP contribution in [0.3, 0.4) is 0 Å². The second-order valence-corrected chi connectivity index (χ2v) is 13.8. The van der Waals surface area contributed by atoms with Crippen molar-refractivity contribution in [3.05, 3.63) is 48.7 Å². The molecule has 260 valence electrons. The van der Waals surface area contributed by atoms with Crippen LogP contribution < -0.4 is 15.4 Å². The lowest BCUT2D eigenvalue weighted by atomic mass is 9.85. The molecule has 0 unspecified atom stereocenters. The number of benzene rings is 1. The molecule has 2 N–H and O–H groups in total. The summed E-state index contributed by atoms with van der Waals surface area (Å²) < 4.78 is 57.9. The SMILES string of the molecule is C=C[C@@H]1C[C@]1(NC(=O)[C@@H]1C[C@@H](Oc2nccc3c(C(F)(F)F)cccc23)CN1C(=O)[C@@H](NC(=O)OC1CCCC1)C(C)(C)C)C(=O)OC. The molecule has 0 bridgehead atoms. The minimum atomic E-state index is -4.62. The van der Waals surface area contributed by atoms with Crippen molar-refractivity contribution in [1.29, 1.82) is 0 Å². The first-order chi connectivity index (χ1) is 22.6. The topological polar surface area (TPSA) is 136 Å². The average molecular weight is 675 g/mol. The molecule has 1 aromatic carbocycles. The van der Waals surface area contributed by atoms with Crippen molar-refractivity contribution in [3.63, 3.8) is 0 Å². The molecule has 5 atom stereocenters. The highest BCUT2D eigenvalue weighted by Gasteiger charge is 2.62. The maximum absolute atomic E-state index is 14.3.